The Bertz CT molecular complexity index is 1160. The largest absolute Gasteiger partial charge is 0.494 e. The van der Waals surface area contributed by atoms with E-state index in [9.17, 15) is 13.2 Å². The van der Waals surface area contributed by atoms with Crippen molar-refractivity contribution in [1.29, 1.82) is 0 Å². The second-order valence-corrected chi connectivity index (χ2v) is 9.04. The molecule has 0 aliphatic carbocycles. The Labute approximate surface area is 188 Å². The highest BCUT2D eigenvalue weighted by Gasteiger charge is 2.13. The lowest BCUT2D eigenvalue weighted by Gasteiger charge is -2.14. The van der Waals surface area contributed by atoms with Gasteiger partial charge in [-0.05, 0) is 36.2 Å². The third kappa shape index (κ3) is 6.49. The lowest BCUT2D eigenvalue weighted by molar-refractivity contribution is -0.118. The van der Waals surface area contributed by atoms with Crippen molar-refractivity contribution < 1.29 is 22.7 Å². The number of carbonyl (C=O) groups is 1. The zero-order valence-corrected chi connectivity index (χ0v) is 18.8. The predicted molar refractivity (Wildman–Crippen MR) is 126 cm³/mol. The minimum atomic E-state index is -3.44. The van der Waals surface area contributed by atoms with Crippen molar-refractivity contribution >= 4 is 27.3 Å². The zero-order valence-electron chi connectivity index (χ0n) is 18.0. The van der Waals surface area contributed by atoms with Crippen LogP contribution >= 0.6 is 0 Å². The quantitative estimate of drug-likeness (QED) is 0.482. The van der Waals surface area contributed by atoms with Gasteiger partial charge in [0.2, 0.25) is 10.0 Å². The van der Waals surface area contributed by atoms with Gasteiger partial charge in [-0.25, -0.2) is 8.42 Å². The van der Waals surface area contributed by atoms with Crippen molar-refractivity contribution in [3.63, 3.8) is 0 Å². The van der Waals surface area contributed by atoms with Gasteiger partial charge in [0.15, 0.2) is 6.61 Å². The molecular weight excluding hydrogens is 428 g/mol. The van der Waals surface area contributed by atoms with Crippen LogP contribution in [0.1, 0.15) is 18.1 Å². The molecule has 0 saturated heterocycles. The highest BCUT2D eigenvalue weighted by molar-refractivity contribution is 7.92. The van der Waals surface area contributed by atoms with E-state index >= 15 is 0 Å². The lowest BCUT2D eigenvalue weighted by atomic mass is 10.0. The third-order valence-corrected chi connectivity index (χ3v) is 5.99. The molecule has 8 heteroatoms. The fourth-order valence-corrected chi connectivity index (χ4v) is 3.69. The Hall–Kier alpha value is -3.52. The number of rotatable bonds is 10. The summed E-state index contributed by atoms with van der Waals surface area (Å²) in [5.74, 6) is 0.545. The van der Waals surface area contributed by atoms with Gasteiger partial charge in [-0.1, -0.05) is 48.5 Å². The van der Waals surface area contributed by atoms with E-state index in [0.29, 0.717) is 29.3 Å². The summed E-state index contributed by atoms with van der Waals surface area (Å²) in [4.78, 5) is 12.4. The fraction of sp³-hybridized carbons (Fsp3) is 0.208. The molecule has 0 radical (unpaired) electrons. The van der Waals surface area contributed by atoms with Crippen molar-refractivity contribution in [1.82, 2.24) is 0 Å². The van der Waals surface area contributed by atoms with Gasteiger partial charge in [0, 0.05) is 18.2 Å². The van der Waals surface area contributed by atoms with Crippen molar-refractivity contribution in [2.75, 3.05) is 29.5 Å². The van der Waals surface area contributed by atoms with Crippen LogP contribution in [0.2, 0.25) is 0 Å². The number of methoxy groups -OCH3 is 1. The number of benzene rings is 3. The molecule has 0 aliphatic heterocycles. The maximum atomic E-state index is 12.4. The fourth-order valence-electron chi connectivity index (χ4n) is 3.04. The number of nitrogens with one attached hydrogen (secondary N) is 2. The minimum Gasteiger partial charge on any atom is -0.494 e. The molecule has 7 nitrogen and oxygen atoms in total. The first-order chi connectivity index (χ1) is 15.4. The maximum absolute atomic E-state index is 12.4. The van der Waals surface area contributed by atoms with E-state index in [2.05, 4.69) is 10.0 Å². The van der Waals surface area contributed by atoms with Gasteiger partial charge in [0.1, 0.15) is 11.5 Å². The summed E-state index contributed by atoms with van der Waals surface area (Å²) in [5, 5.41) is 2.74. The highest BCUT2D eigenvalue weighted by atomic mass is 32.2. The number of sulfonamides is 1. The van der Waals surface area contributed by atoms with Crippen LogP contribution in [-0.4, -0.2) is 33.8 Å². The summed E-state index contributed by atoms with van der Waals surface area (Å²) in [6, 6.07) is 22.3. The number of amides is 1. The highest BCUT2D eigenvalue weighted by Crippen LogP contribution is 2.29. The summed E-state index contributed by atoms with van der Waals surface area (Å²) in [5.41, 5.74) is 2.91. The molecule has 3 aromatic rings. The number of hydrogen-bond acceptors (Lipinski definition) is 5. The Morgan fingerprint density at radius 2 is 1.66 bits per heavy atom. The Morgan fingerprint density at radius 3 is 2.38 bits per heavy atom. The average Bonchev–Trinajstić information content (AvgIpc) is 2.80. The minimum absolute atomic E-state index is 0.0578. The zero-order chi connectivity index (χ0) is 23.0. The van der Waals surface area contributed by atoms with Gasteiger partial charge in [0.25, 0.3) is 5.91 Å². The van der Waals surface area contributed by atoms with Crippen molar-refractivity contribution in [3.05, 3.63) is 83.9 Å². The van der Waals surface area contributed by atoms with E-state index in [4.69, 9.17) is 9.47 Å². The SMILES string of the molecule is CCS(=O)(=O)Nc1ccc(NC(=O)COc2ccccc2Cc2ccccc2)cc1OC. The van der Waals surface area contributed by atoms with Crippen molar-refractivity contribution in [2.24, 2.45) is 0 Å². The average molecular weight is 455 g/mol. The molecule has 0 atom stereocenters. The van der Waals surface area contributed by atoms with Gasteiger partial charge in [-0.15, -0.1) is 0 Å². The number of anilines is 2. The monoisotopic (exact) mass is 454 g/mol. The van der Waals surface area contributed by atoms with E-state index in [1.54, 1.807) is 19.1 Å². The maximum Gasteiger partial charge on any atom is 0.262 e. The molecule has 0 spiro atoms. The van der Waals surface area contributed by atoms with Crippen molar-refractivity contribution in [2.45, 2.75) is 13.3 Å². The predicted octanol–water partition coefficient (Wildman–Crippen LogP) is 4.07. The number of para-hydroxylation sites is 1. The molecule has 3 rings (SSSR count). The molecule has 0 aliphatic rings. The summed E-state index contributed by atoms with van der Waals surface area (Å²) in [6.07, 6.45) is 0.699. The molecule has 0 bridgehead atoms. The van der Waals surface area contributed by atoms with Crippen LogP contribution in [-0.2, 0) is 21.2 Å². The second kappa shape index (κ2) is 10.7. The first-order valence-corrected chi connectivity index (χ1v) is 11.8. The van der Waals surface area contributed by atoms with E-state index in [0.717, 1.165) is 11.1 Å². The number of hydrogen-bond donors (Lipinski definition) is 2. The molecule has 2 N–H and O–H groups in total. The smallest absolute Gasteiger partial charge is 0.262 e. The second-order valence-electron chi connectivity index (χ2n) is 7.03. The van der Waals surface area contributed by atoms with E-state index < -0.39 is 10.0 Å². The molecule has 168 valence electrons. The summed E-state index contributed by atoms with van der Waals surface area (Å²) < 4.78 is 37.1. The standard InChI is InChI=1S/C24H26N2O5S/c1-3-32(28,29)26-21-14-13-20(16-23(21)30-2)25-24(27)17-31-22-12-8-7-11-19(22)15-18-9-5-4-6-10-18/h4-14,16,26H,3,15,17H2,1-2H3,(H,25,27). The Kier molecular flexibility index (Phi) is 7.72. The molecule has 3 aromatic carbocycles. The van der Waals surface area contributed by atoms with Gasteiger partial charge in [-0.3, -0.25) is 9.52 Å². The molecule has 0 unspecified atom stereocenters. The van der Waals surface area contributed by atoms with Gasteiger partial charge >= 0.3 is 0 Å². The van der Waals surface area contributed by atoms with Crippen molar-refractivity contribution in [3.8, 4) is 11.5 Å². The summed E-state index contributed by atoms with van der Waals surface area (Å²) >= 11 is 0. The number of ether oxygens (including phenoxy) is 2. The first kappa shape index (κ1) is 23.1. The first-order valence-electron chi connectivity index (χ1n) is 10.1. The molecule has 1 amide bonds. The van der Waals surface area contributed by atoms with E-state index in [1.807, 2.05) is 54.6 Å². The van der Waals surface area contributed by atoms with Crippen LogP contribution in [0, 0.1) is 0 Å². The topological polar surface area (TPSA) is 93.7 Å². The van der Waals surface area contributed by atoms with Crippen LogP contribution in [0.15, 0.2) is 72.8 Å². The third-order valence-electron chi connectivity index (χ3n) is 4.70. The van der Waals surface area contributed by atoms with E-state index in [-0.39, 0.29) is 18.3 Å². The molecule has 32 heavy (non-hydrogen) atoms. The normalized spacial score (nSPS) is 10.9. The van der Waals surface area contributed by atoms with Crippen LogP contribution < -0.4 is 19.5 Å². The van der Waals surface area contributed by atoms with Crippen LogP contribution in [0.5, 0.6) is 11.5 Å². The Balaban J connectivity index is 1.63. The van der Waals surface area contributed by atoms with Crippen LogP contribution in [0.3, 0.4) is 0 Å². The van der Waals surface area contributed by atoms with Crippen LogP contribution in [0.25, 0.3) is 0 Å². The van der Waals surface area contributed by atoms with Crippen LogP contribution in [0.4, 0.5) is 11.4 Å². The number of carbonyl (C=O) groups excluding carboxylic acids is 1. The molecule has 0 heterocycles. The summed E-state index contributed by atoms with van der Waals surface area (Å²) in [6.45, 7) is 1.37. The Morgan fingerprint density at radius 1 is 0.938 bits per heavy atom. The van der Waals surface area contributed by atoms with Gasteiger partial charge < -0.3 is 14.8 Å². The molecule has 0 fully saturated rings. The van der Waals surface area contributed by atoms with Gasteiger partial charge in [-0.2, -0.15) is 0 Å². The molecular formula is C24H26N2O5S. The molecule has 0 aromatic heterocycles. The lowest BCUT2D eigenvalue weighted by Crippen LogP contribution is -2.20. The van der Waals surface area contributed by atoms with E-state index in [1.165, 1.54) is 13.2 Å². The molecule has 0 saturated carbocycles. The van der Waals surface area contributed by atoms with Gasteiger partial charge in [0.05, 0.1) is 18.6 Å². The summed E-state index contributed by atoms with van der Waals surface area (Å²) in [7, 11) is -2.02.